The Morgan fingerprint density at radius 2 is 1.65 bits per heavy atom. The number of alkyl halides is 6. The maximum absolute atomic E-state index is 13.7. The summed E-state index contributed by atoms with van der Waals surface area (Å²) < 4.78 is 88.8. The van der Waals surface area contributed by atoms with Crippen LogP contribution in [0.25, 0.3) is 11.1 Å². The van der Waals surface area contributed by atoms with E-state index in [9.17, 15) is 31.1 Å². The minimum absolute atomic E-state index is 0.0438. The summed E-state index contributed by atoms with van der Waals surface area (Å²) in [6.07, 6.45) is -1.53. The van der Waals surface area contributed by atoms with E-state index >= 15 is 0 Å². The van der Waals surface area contributed by atoms with Crippen LogP contribution in [0.5, 0.6) is 0 Å². The van der Waals surface area contributed by atoms with Gasteiger partial charge in [-0.1, -0.05) is 6.92 Å². The first-order valence-electron chi connectivity index (χ1n) is 13.9. The van der Waals surface area contributed by atoms with Crippen molar-refractivity contribution >= 4 is 29.3 Å². The molecule has 1 aromatic carbocycles. The SMILES string of the molecule is CCC1C[C@H](N(Cc2cc(C(F)(F)F)cc(C(F)(F)F)c2)c2ncc(-c3cnn(C)c3)cn2)CN1c1nc(Cl)ncc1C(=O)OC. The fourth-order valence-electron chi connectivity index (χ4n) is 5.45. The van der Waals surface area contributed by atoms with Gasteiger partial charge in [0.25, 0.3) is 0 Å². The van der Waals surface area contributed by atoms with Gasteiger partial charge >= 0.3 is 18.3 Å². The lowest BCUT2D eigenvalue weighted by molar-refractivity contribution is -0.143. The molecule has 0 amide bonds. The van der Waals surface area contributed by atoms with E-state index in [0.29, 0.717) is 36.1 Å². The quantitative estimate of drug-likeness (QED) is 0.123. The van der Waals surface area contributed by atoms with Crippen molar-refractivity contribution in [1.82, 2.24) is 29.7 Å². The lowest BCUT2D eigenvalue weighted by atomic mass is 10.0. The molecule has 10 nitrogen and oxygen atoms in total. The molecule has 1 aliphatic heterocycles. The Hall–Kier alpha value is -4.47. The predicted molar refractivity (Wildman–Crippen MR) is 155 cm³/mol. The van der Waals surface area contributed by atoms with Crippen LogP contribution in [0.2, 0.25) is 5.28 Å². The number of carbonyl (C=O) groups excluding carboxylic acids is 1. The van der Waals surface area contributed by atoms with E-state index in [2.05, 4.69) is 25.0 Å². The molecule has 1 unspecified atom stereocenters. The molecule has 0 radical (unpaired) electrons. The summed E-state index contributed by atoms with van der Waals surface area (Å²) in [4.78, 5) is 33.0. The first-order chi connectivity index (χ1) is 21.7. The number of carbonyl (C=O) groups is 1. The first kappa shape index (κ1) is 32.9. The zero-order chi connectivity index (χ0) is 33.4. The van der Waals surface area contributed by atoms with Crippen molar-refractivity contribution in [3.8, 4) is 11.1 Å². The van der Waals surface area contributed by atoms with Gasteiger partial charge in [0.05, 0.1) is 30.5 Å². The molecule has 4 aromatic rings. The summed E-state index contributed by atoms with van der Waals surface area (Å²) >= 11 is 6.09. The van der Waals surface area contributed by atoms with Crippen molar-refractivity contribution in [3.05, 3.63) is 76.7 Å². The third-order valence-electron chi connectivity index (χ3n) is 7.65. The number of hydrogen-bond donors (Lipinski definition) is 0. The number of halogens is 7. The Labute approximate surface area is 264 Å². The molecule has 4 heterocycles. The summed E-state index contributed by atoms with van der Waals surface area (Å²) in [5.74, 6) is -0.443. The Kier molecular flexibility index (Phi) is 9.11. The standard InChI is InChI=1S/C29H27ClF6N8O2/c1-4-21-8-22(15-43(21)24-23(25(45)46-3)12-37-26(30)41-24)44(27-38-9-17(10-39-27)18-11-40-42(2)14-18)13-16-5-19(28(31,32)33)7-20(6-16)29(34,35)36/h5-7,9-12,14,21-22H,4,8,13,15H2,1-3H3/t21?,22-/m0/s1. The number of aryl methyl sites for hydroxylation is 1. The zero-order valence-corrected chi connectivity index (χ0v) is 25.4. The number of benzene rings is 1. The summed E-state index contributed by atoms with van der Waals surface area (Å²) in [5, 5.41) is 3.99. The maximum atomic E-state index is 13.7. The van der Waals surface area contributed by atoms with Crippen LogP contribution < -0.4 is 9.80 Å². The molecule has 0 N–H and O–H groups in total. The van der Waals surface area contributed by atoms with Crippen LogP contribution >= 0.6 is 11.6 Å². The highest BCUT2D eigenvalue weighted by Crippen LogP contribution is 2.38. The van der Waals surface area contributed by atoms with E-state index in [1.165, 1.54) is 25.7 Å². The van der Waals surface area contributed by atoms with Crippen LogP contribution in [0, 0.1) is 0 Å². The van der Waals surface area contributed by atoms with Crippen molar-refractivity contribution < 1.29 is 35.9 Å². The summed E-state index contributed by atoms with van der Waals surface area (Å²) in [5.41, 5.74) is -1.74. The molecule has 0 bridgehead atoms. The molecule has 0 spiro atoms. The van der Waals surface area contributed by atoms with Crippen LogP contribution in [0.15, 0.2) is 49.2 Å². The molecule has 46 heavy (non-hydrogen) atoms. The van der Waals surface area contributed by atoms with Crippen molar-refractivity contribution in [2.45, 2.75) is 50.7 Å². The van der Waals surface area contributed by atoms with Gasteiger partial charge in [-0.25, -0.2) is 19.7 Å². The number of methoxy groups -OCH3 is 1. The van der Waals surface area contributed by atoms with Crippen LogP contribution in [-0.4, -0.2) is 61.4 Å². The van der Waals surface area contributed by atoms with E-state index in [1.54, 1.807) is 33.9 Å². The van der Waals surface area contributed by atoms with Crippen molar-refractivity contribution in [1.29, 1.82) is 0 Å². The van der Waals surface area contributed by atoms with Gasteiger partial charge in [-0.2, -0.15) is 36.4 Å². The van der Waals surface area contributed by atoms with Gasteiger partial charge in [0, 0.05) is 62.1 Å². The number of esters is 1. The van der Waals surface area contributed by atoms with Gasteiger partial charge in [-0.15, -0.1) is 0 Å². The summed E-state index contributed by atoms with van der Waals surface area (Å²) in [6, 6.07) is 0.664. The summed E-state index contributed by atoms with van der Waals surface area (Å²) in [7, 11) is 2.93. The lowest BCUT2D eigenvalue weighted by Crippen LogP contribution is -2.39. The monoisotopic (exact) mass is 668 g/mol. The number of anilines is 2. The molecule has 0 saturated carbocycles. The van der Waals surface area contributed by atoms with Gasteiger partial charge < -0.3 is 14.5 Å². The fraction of sp³-hybridized carbons (Fsp3) is 0.379. The molecular formula is C29H27ClF6N8O2. The number of hydrogen-bond acceptors (Lipinski definition) is 9. The van der Waals surface area contributed by atoms with Crippen LogP contribution in [0.1, 0.15) is 46.8 Å². The first-order valence-corrected chi connectivity index (χ1v) is 14.3. The normalized spacial score (nSPS) is 17.0. The van der Waals surface area contributed by atoms with E-state index in [1.807, 2.05) is 6.92 Å². The number of nitrogens with zero attached hydrogens (tertiary/aromatic N) is 8. The molecule has 0 aliphatic carbocycles. The summed E-state index contributed by atoms with van der Waals surface area (Å²) in [6.45, 7) is 1.66. The second-order valence-electron chi connectivity index (χ2n) is 10.7. The smallest absolute Gasteiger partial charge is 0.416 e. The minimum atomic E-state index is -5.02. The van der Waals surface area contributed by atoms with Gasteiger partial charge in [0.1, 0.15) is 11.4 Å². The molecule has 5 rings (SSSR count). The largest absolute Gasteiger partial charge is 0.465 e. The molecule has 244 valence electrons. The lowest BCUT2D eigenvalue weighted by Gasteiger charge is -2.30. The predicted octanol–water partition coefficient (Wildman–Crippen LogP) is 6.21. The number of ether oxygens (including phenoxy) is 1. The third kappa shape index (κ3) is 7.00. The van der Waals surface area contributed by atoms with Crippen molar-refractivity contribution in [2.24, 2.45) is 7.05 Å². The highest BCUT2D eigenvalue weighted by molar-refractivity contribution is 6.28. The topological polar surface area (TPSA) is 102 Å². The highest BCUT2D eigenvalue weighted by atomic mass is 35.5. The number of rotatable bonds is 8. The highest BCUT2D eigenvalue weighted by Gasteiger charge is 2.40. The second kappa shape index (κ2) is 12.7. The van der Waals surface area contributed by atoms with Crippen molar-refractivity contribution in [3.63, 3.8) is 0 Å². The maximum Gasteiger partial charge on any atom is 0.416 e. The van der Waals surface area contributed by atoms with Crippen LogP contribution in [-0.2, 0) is 30.7 Å². The molecule has 1 fully saturated rings. The van der Waals surface area contributed by atoms with Gasteiger partial charge in [0.15, 0.2) is 0 Å². The van der Waals surface area contributed by atoms with Crippen LogP contribution in [0.3, 0.4) is 0 Å². The van der Waals surface area contributed by atoms with Crippen molar-refractivity contribution in [2.75, 3.05) is 23.5 Å². The molecule has 17 heteroatoms. The Morgan fingerprint density at radius 1 is 1.00 bits per heavy atom. The van der Waals surface area contributed by atoms with Gasteiger partial charge in [-0.3, -0.25) is 4.68 Å². The zero-order valence-electron chi connectivity index (χ0n) is 24.6. The van der Waals surface area contributed by atoms with E-state index in [0.717, 1.165) is 0 Å². The van der Waals surface area contributed by atoms with Crippen LogP contribution in [0.4, 0.5) is 38.1 Å². The minimum Gasteiger partial charge on any atom is -0.465 e. The van der Waals surface area contributed by atoms with E-state index < -0.39 is 35.5 Å². The van der Waals surface area contributed by atoms with Gasteiger partial charge in [0.2, 0.25) is 11.2 Å². The van der Waals surface area contributed by atoms with Gasteiger partial charge in [-0.05, 0) is 48.2 Å². The number of aromatic nitrogens is 6. The Morgan fingerprint density at radius 3 is 2.20 bits per heavy atom. The molecular weight excluding hydrogens is 642 g/mol. The molecule has 2 atom stereocenters. The van der Waals surface area contributed by atoms with E-state index in [4.69, 9.17) is 16.3 Å². The second-order valence-corrected chi connectivity index (χ2v) is 11.0. The third-order valence-corrected chi connectivity index (χ3v) is 7.84. The molecule has 1 aliphatic rings. The molecule has 3 aromatic heterocycles. The Balaban J connectivity index is 1.58. The molecule has 1 saturated heterocycles. The average molecular weight is 669 g/mol. The Bertz CT molecular complexity index is 1680. The van der Waals surface area contributed by atoms with E-state index in [-0.39, 0.29) is 53.4 Å². The fourth-order valence-corrected chi connectivity index (χ4v) is 5.58. The average Bonchev–Trinajstić information content (AvgIpc) is 3.65.